The molecule has 0 bridgehead atoms. The van der Waals surface area contributed by atoms with Gasteiger partial charge in [0.1, 0.15) is 0 Å². The Morgan fingerprint density at radius 2 is 1.75 bits per heavy atom. The molecule has 0 radical (unpaired) electrons. The van der Waals surface area contributed by atoms with Gasteiger partial charge < -0.3 is 15.1 Å². The molecule has 5 heteroatoms. The molecular weight excluding hydrogens is 366 g/mol. The SMILES string of the molecule is C[C@@H](NC(=O)N1CCN(c2ccccc2)CC1)c1cccc(Br)c1. The zero-order valence-corrected chi connectivity index (χ0v) is 15.4. The van der Waals surface area contributed by atoms with Crippen molar-refractivity contribution < 1.29 is 4.79 Å². The Labute approximate surface area is 151 Å². The number of para-hydroxylation sites is 1. The van der Waals surface area contributed by atoms with Crippen LogP contribution >= 0.6 is 15.9 Å². The Morgan fingerprint density at radius 3 is 2.42 bits per heavy atom. The van der Waals surface area contributed by atoms with Crippen LogP contribution in [-0.4, -0.2) is 37.1 Å². The molecule has 1 saturated heterocycles. The van der Waals surface area contributed by atoms with E-state index in [1.54, 1.807) is 0 Å². The second-order valence-corrected chi connectivity index (χ2v) is 6.95. The molecule has 0 saturated carbocycles. The van der Waals surface area contributed by atoms with Crippen molar-refractivity contribution >= 4 is 27.6 Å². The van der Waals surface area contributed by atoms with Crippen LogP contribution in [0.3, 0.4) is 0 Å². The first-order valence-corrected chi connectivity index (χ1v) is 9.03. The number of hydrogen-bond acceptors (Lipinski definition) is 2. The third-order valence-corrected chi connectivity index (χ3v) is 4.87. The average molecular weight is 388 g/mol. The lowest BCUT2D eigenvalue weighted by Gasteiger charge is -2.36. The van der Waals surface area contributed by atoms with Crippen LogP contribution < -0.4 is 10.2 Å². The second-order valence-electron chi connectivity index (χ2n) is 6.04. The molecule has 1 heterocycles. The van der Waals surface area contributed by atoms with Gasteiger partial charge in [-0.25, -0.2) is 4.79 Å². The van der Waals surface area contributed by atoms with Gasteiger partial charge in [0.05, 0.1) is 6.04 Å². The quantitative estimate of drug-likeness (QED) is 0.862. The molecule has 1 N–H and O–H groups in total. The van der Waals surface area contributed by atoms with E-state index in [1.807, 2.05) is 54.3 Å². The molecule has 1 aliphatic heterocycles. The fourth-order valence-corrected chi connectivity index (χ4v) is 3.36. The number of piperazine rings is 1. The van der Waals surface area contributed by atoms with Crippen molar-refractivity contribution in [2.75, 3.05) is 31.1 Å². The number of halogens is 1. The van der Waals surface area contributed by atoms with Gasteiger partial charge in [0.2, 0.25) is 0 Å². The van der Waals surface area contributed by atoms with E-state index in [1.165, 1.54) is 5.69 Å². The van der Waals surface area contributed by atoms with E-state index in [4.69, 9.17) is 0 Å². The number of hydrogen-bond donors (Lipinski definition) is 1. The van der Waals surface area contributed by atoms with Gasteiger partial charge in [-0.05, 0) is 36.8 Å². The van der Waals surface area contributed by atoms with Crippen molar-refractivity contribution in [3.8, 4) is 0 Å². The summed E-state index contributed by atoms with van der Waals surface area (Å²) in [5.74, 6) is 0. The molecule has 0 unspecified atom stereocenters. The van der Waals surface area contributed by atoms with Gasteiger partial charge >= 0.3 is 6.03 Å². The van der Waals surface area contributed by atoms with Crippen LogP contribution in [-0.2, 0) is 0 Å². The first kappa shape index (κ1) is 16.8. The number of urea groups is 1. The number of benzene rings is 2. The summed E-state index contributed by atoms with van der Waals surface area (Å²) in [5.41, 5.74) is 2.32. The molecule has 1 fully saturated rings. The van der Waals surface area contributed by atoms with Gasteiger partial charge in [0, 0.05) is 36.3 Å². The molecule has 0 aromatic heterocycles. The minimum atomic E-state index is -0.0119. The standard InChI is InChI=1S/C19H22BrN3O/c1-15(16-6-5-7-17(20)14-16)21-19(24)23-12-10-22(11-13-23)18-8-3-2-4-9-18/h2-9,14-15H,10-13H2,1H3,(H,21,24)/t15-/m1/s1. The lowest BCUT2D eigenvalue weighted by molar-refractivity contribution is 0.191. The topological polar surface area (TPSA) is 35.6 Å². The highest BCUT2D eigenvalue weighted by Gasteiger charge is 2.22. The number of anilines is 1. The van der Waals surface area contributed by atoms with E-state index in [2.05, 4.69) is 38.3 Å². The van der Waals surface area contributed by atoms with Crippen LogP contribution in [0.1, 0.15) is 18.5 Å². The van der Waals surface area contributed by atoms with E-state index in [-0.39, 0.29) is 12.1 Å². The zero-order valence-electron chi connectivity index (χ0n) is 13.8. The van der Waals surface area contributed by atoms with Crippen molar-refractivity contribution in [1.82, 2.24) is 10.2 Å². The maximum atomic E-state index is 12.5. The number of amides is 2. The fraction of sp³-hybridized carbons (Fsp3) is 0.316. The lowest BCUT2D eigenvalue weighted by Crippen LogP contribution is -2.52. The highest BCUT2D eigenvalue weighted by Crippen LogP contribution is 2.19. The van der Waals surface area contributed by atoms with E-state index in [9.17, 15) is 4.79 Å². The normalized spacial score (nSPS) is 15.9. The van der Waals surface area contributed by atoms with E-state index < -0.39 is 0 Å². The second kappa shape index (κ2) is 7.71. The van der Waals surface area contributed by atoms with Crippen molar-refractivity contribution in [3.05, 3.63) is 64.6 Å². The highest BCUT2D eigenvalue weighted by atomic mass is 79.9. The Morgan fingerprint density at radius 1 is 1.04 bits per heavy atom. The summed E-state index contributed by atoms with van der Waals surface area (Å²) in [6, 6.07) is 18.4. The van der Waals surface area contributed by atoms with Crippen LogP contribution in [0.25, 0.3) is 0 Å². The van der Waals surface area contributed by atoms with Crippen LogP contribution in [0.5, 0.6) is 0 Å². The monoisotopic (exact) mass is 387 g/mol. The maximum absolute atomic E-state index is 12.5. The first-order valence-electron chi connectivity index (χ1n) is 8.24. The number of carbonyl (C=O) groups excluding carboxylic acids is 1. The highest BCUT2D eigenvalue weighted by molar-refractivity contribution is 9.10. The van der Waals surface area contributed by atoms with E-state index in [0.29, 0.717) is 0 Å². The minimum Gasteiger partial charge on any atom is -0.368 e. The summed E-state index contributed by atoms with van der Waals surface area (Å²) in [6.07, 6.45) is 0. The van der Waals surface area contributed by atoms with Crippen molar-refractivity contribution in [2.45, 2.75) is 13.0 Å². The number of carbonyl (C=O) groups is 1. The van der Waals surface area contributed by atoms with Gasteiger partial charge in [-0.1, -0.05) is 46.3 Å². The average Bonchev–Trinajstić information content (AvgIpc) is 2.62. The third-order valence-electron chi connectivity index (χ3n) is 4.38. The predicted molar refractivity (Wildman–Crippen MR) is 101 cm³/mol. The third kappa shape index (κ3) is 4.09. The molecule has 0 aliphatic carbocycles. The Kier molecular flexibility index (Phi) is 5.41. The van der Waals surface area contributed by atoms with E-state index in [0.717, 1.165) is 36.2 Å². The fourth-order valence-electron chi connectivity index (χ4n) is 2.94. The molecular formula is C19H22BrN3O. The van der Waals surface area contributed by atoms with E-state index >= 15 is 0 Å². The van der Waals surface area contributed by atoms with Crippen LogP contribution in [0.15, 0.2) is 59.1 Å². The van der Waals surface area contributed by atoms with Crippen LogP contribution in [0.2, 0.25) is 0 Å². The summed E-state index contributed by atoms with van der Waals surface area (Å²) in [6.45, 7) is 5.23. The van der Waals surface area contributed by atoms with Crippen LogP contribution in [0.4, 0.5) is 10.5 Å². The van der Waals surface area contributed by atoms with Gasteiger partial charge in [-0.15, -0.1) is 0 Å². The van der Waals surface area contributed by atoms with Gasteiger partial charge in [-0.2, -0.15) is 0 Å². The molecule has 4 nitrogen and oxygen atoms in total. The van der Waals surface area contributed by atoms with Crippen LogP contribution in [0, 0.1) is 0 Å². The molecule has 126 valence electrons. The smallest absolute Gasteiger partial charge is 0.317 e. The zero-order chi connectivity index (χ0) is 16.9. The molecule has 1 atom stereocenters. The Bertz CT molecular complexity index is 684. The molecule has 2 aromatic carbocycles. The molecule has 2 amide bonds. The van der Waals surface area contributed by atoms with Gasteiger partial charge in [-0.3, -0.25) is 0 Å². The van der Waals surface area contributed by atoms with Gasteiger partial charge in [0.15, 0.2) is 0 Å². The molecule has 3 rings (SSSR count). The summed E-state index contributed by atoms with van der Waals surface area (Å²) >= 11 is 3.47. The summed E-state index contributed by atoms with van der Waals surface area (Å²) in [5, 5.41) is 3.10. The predicted octanol–water partition coefficient (Wildman–Crippen LogP) is 4.04. The summed E-state index contributed by atoms with van der Waals surface area (Å²) in [4.78, 5) is 16.7. The van der Waals surface area contributed by atoms with Crippen molar-refractivity contribution in [1.29, 1.82) is 0 Å². The van der Waals surface area contributed by atoms with Crippen molar-refractivity contribution in [3.63, 3.8) is 0 Å². The number of nitrogens with one attached hydrogen (secondary N) is 1. The van der Waals surface area contributed by atoms with Gasteiger partial charge in [0.25, 0.3) is 0 Å². The first-order chi connectivity index (χ1) is 11.6. The number of nitrogens with zero attached hydrogens (tertiary/aromatic N) is 2. The Balaban J connectivity index is 1.54. The maximum Gasteiger partial charge on any atom is 0.317 e. The molecule has 0 spiro atoms. The largest absolute Gasteiger partial charge is 0.368 e. The van der Waals surface area contributed by atoms with Crippen molar-refractivity contribution in [2.24, 2.45) is 0 Å². The summed E-state index contributed by atoms with van der Waals surface area (Å²) in [7, 11) is 0. The Hall–Kier alpha value is -2.01. The molecule has 24 heavy (non-hydrogen) atoms. The minimum absolute atomic E-state index is 0.00943. The summed E-state index contributed by atoms with van der Waals surface area (Å²) < 4.78 is 1.03. The molecule has 1 aliphatic rings. The lowest BCUT2D eigenvalue weighted by atomic mass is 10.1. The molecule has 2 aromatic rings. The number of rotatable bonds is 3.